The Balaban J connectivity index is 1.68. The van der Waals surface area contributed by atoms with E-state index in [0.29, 0.717) is 50.5 Å². The normalized spacial score (nSPS) is 14.1. The molecule has 0 unspecified atom stereocenters. The standard InChI is InChI=1S/C23H25N3O5/c1-3-21-19(17-6-4-5-7-22(17)31-21)15-24(2)23(27)18-14-16(26(28)29)8-9-20(18)25-10-12-30-13-11-25/h4-9,14H,3,10-13,15H2,1-2H3. The Kier molecular flexibility index (Phi) is 5.90. The van der Waals surface area contributed by atoms with Crippen molar-refractivity contribution in [2.45, 2.75) is 19.9 Å². The molecule has 3 aromatic rings. The van der Waals surface area contributed by atoms with Crippen LogP contribution in [-0.2, 0) is 17.7 Å². The zero-order valence-electron chi connectivity index (χ0n) is 17.7. The summed E-state index contributed by atoms with van der Waals surface area (Å²) in [5.41, 5.74) is 2.67. The van der Waals surface area contributed by atoms with Crippen molar-refractivity contribution in [2.75, 3.05) is 38.3 Å². The smallest absolute Gasteiger partial charge is 0.270 e. The number of para-hydroxylation sites is 1. The van der Waals surface area contributed by atoms with Gasteiger partial charge in [-0.25, -0.2) is 0 Å². The lowest BCUT2D eigenvalue weighted by Gasteiger charge is -2.31. The van der Waals surface area contributed by atoms with E-state index < -0.39 is 4.92 Å². The number of anilines is 1. The van der Waals surface area contributed by atoms with Crippen molar-refractivity contribution in [3.63, 3.8) is 0 Å². The summed E-state index contributed by atoms with van der Waals surface area (Å²) in [6, 6.07) is 12.2. The predicted octanol–water partition coefficient (Wildman–Crippen LogP) is 4.01. The lowest BCUT2D eigenvalue weighted by atomic mass is 10.1. The number of aryl methyl sites for hydroxylation is 1. The molecule has 0 saturated carbocycles. The molecule has 162 valence electrons. The van der Waals surface area contributed by atoms with Crippen LogP contribution in [0.2, 0.25) is 0 Å². The first kappa shape index (κ1) is 20.9. The van der Waals surface area contributed by atoms with Gasteiger partial charge in [-0.1, -0.05) is 25.1 Å². The molecule has 0 radical (unpaired) electrons. The predicted molar refractivity (Wildman–Crippen MR) is 118 cm³/mol. The Morgan fingerprint density at radius 3 is 2.65 bits per heavy atom. The van der Waals surface area contributed by atoms with Crippen molar-refractivity contribution in [3.8, 4) is 0 Å². The van der Waals surface area contributed by atoms with E-state index in [-0.39, 0.29) is 11.6 Å². The van der Waals surface area contributed by atoms with Gasteiger partial charge in [-0.3, -0.25) is 14.9 Å². The number of hydrogen-bond acceptors (Lipinski definition) is 6. The molecule has 1 saturated heterocycles. The summed E-state index contributed by atoms with van der Waals surface area (Å²) in [7, 11) is 1.71. The summed E-state index contributed by atoms with van der Waals surface area (Å²) in [6.45, 7) is 4.75. The van der Waals surface area contributed by atoms with Gasteiger partial charge in [0, 0.05) is 56.2 Å². The average Bonchev–Trinajstić information content (AvgIpc) is 3.16. The molecular weight excluding hydrogens is 398 g/mol. The molecule has 8 nitrogen and oxygen atoms in total. The van der Waals surface area contributed by atoms with Crippen LogP contribution in [0.15, 0.2) is 46.9 Å². The van der Waals surface area contributed by atoms with Crippen LogP contribution in [-0.4, -0.2) is 49.1 Å². The van der Waals surface area contributed by atoms with Crippen LogP contribution in [0.1, 0.15) is 28.6 Å². The van der Waals surface area contributed by atoms with Gasteiger partial charge in [0.1, 0.15) is 11.3 Å². The van der Waals surface area contributed by atoms with Crippen LogP contribution in [0.5, 0.6) is 0 Å². The van der Waals surface area contributed by atoms with Gasteiger partial charge in [0.05, 0.1) is 29.4 Å². The third-order valence-electron chi connectivity index (χ3n) is 5.62. The number of nitro benzene ring substituents is 1. The molecule has 4 rings (SSSR count). The lowest BCUT2D eigenvalue weighted by Crippen LogP contribution is -2.38. The minimum atomic E-state index is -0.474. The van der Waals surface area contributed by atoms with Crippen molar-refractivity contribution in [3.05, 3.63) is 69.5 Å². The first-order valence-corrected chi connectivity index (χ1v) is 10.4. The third kappa shape index (κ3) is 4.11. The van der Waals surface area contributed by atoms with Crippen molar-refractivity contribution in [1.29, 1.82) is 0 Å². The van der Waals surface area contributed by atoms with E-state index in [2.05, 4.69) is 0 Å². The SMILES string of the molecule is CCc1oc2ccccc2c1CN(C)C(=O)c1cc([N+](=O)[O-])ccc1N1CCOCC1. The number of rotatable bonds is 6. The quantitative estimate of drug-likeness (QED) is 0.440. The Bertz CT molecular complexity index is 1120. The summed E-state index contributed by atoms with van der Waals surface area (Å²) in [4.78, 5) is 28.0. The van der Waals surface area contributed by atoms with E-state index >= 15 is 0 Å². The molecule has 1 fully saturated rings. The molecule has 31 heavy (non-hydrogen) atoms. The van der Waals surface area contributed by atoms with Crippen molar-refractivity contribution >= 4 is 28.3 Å². The van der Waals surface area contributed by atoms with Gasteiger partial charge in [-0.15, -0.1) is 0 Å². The first-order chi connectivity index (χ1) is 15.0. The number of fused-ring (bicyclic) bond motifs is 1. The topological polar surface area (TPSA) is 89.1 Å². The third-order valence-corrected chi connectivity index (χ3v) is 5.62. The Morgan fingerprint density at radius 2 is 1.94 bits per heavy atom. The molecule has 0 spiro atoms. The van der Waals surface area contributed by atoms with E-state index in [1.807, 2.05) is 36.1 Å². The van der Waals surface area contributed by atoms with Gasteiger partial charge in [0.25, 0.3) is 11.6 Å². The molecule has 2 heterocycles. The van der Waals surface area contributed by atoms with Gasteiger partial charge in [0.2, 0.25) is 0 Å². The number of benzene rings is 2. The monoisotopic (exact) mass is 423 g/mol. The van der Waals surface area contributed by atoms with Gasteiger partial charge in [-0.2, -0.15) is 0 Å². The number of hydrogen-bond donors (Lipinski definition) is 0. The molecule has 0 aliphatic carbocycles. The van der Waals surface area contributed by atoms with Crippen molar-refractivity contribution in [2.24, 2.45) is 0 Å². The fourth-order valence-electron chi connectivity index (χ4n) is 4.01. The Morgan fingerprint density at radius 1 is 1.19 bits per heavy atom. The number of ether oxygens (including phenoxy) is 1. The fourth-order valence-corrected chi connectivity index (χ4v) is 4.01. The van der Waals surface area contributed by atoms with Crippen molar-refractivity contribution < 1.29 is 18.9 Å². The largest absolute Gasteiger partial charge is 0.461 e. The number of furan rings is 1. The summed E-state index contributed by atoms with van der Waals surface area (Å²) >= 11 is 0. The zero-order valence-corrected chi connectivity index (χ0v) is 17.7. The second-order valence-electron chi connectivity index (χ2n) is 7.57. The fraction of sp³-hybridized carbons (Fsp3) is 0.348. The van der Waals surface area contributed by atoms with Crippen LogP contribution in [0.3, 0.4) is 0 Å². The zero-order chi connectivity index (χ0) is 22.0. The molecule has 0 bridgehead atoms. The van der Waals surface area contributed by atoms with E-state index in [1.165, 1.54) is 12.1 Å². The van der Waals surface area contributed by atoms with E-state index in [9.17, 15) is 14.9 Å². The second-order valence-corrected chi connectivity index (χ2v) is 7.57. The minimum Gasteiger partial charge on any atom is -0.461 e. The number of amides is 1. The minimum absolute atomic E-state index is 0.100. The van der Waals surface area contributed by atoms with Crippen molar-refractivity contribution in [1.82, 2.24) is 4.90 Å². The highest BCUT2D eigenvalue weighted by Gasteiger charge is 2.25. The maximum absolute atomic E-state index is 13.5. The summed E-state index contributed by atoms with van der Waals surface area (Å²) in [6.07, 6.45) is 0.710. The molecule has 1 aliphatic heterocycles. The van der Waals surface area contributed by atoms with Crippen LogP contribution in [0.4, 0.5) is 11.4 Å². The summed E-state index contributed by atoms with van der Waals surface area (Å²) in [5.74, 6) is 0.575. The molecule has 1 aromatic heterocycles. The van der Waals surface area contributed by atoms with E-state index in [1.54, 1.807) is 18.0 Å². The van der Waals surface area contributed by atoms with Gasteiger partial charge in [0.15, 0.2) is 0 Å². The highest BCUT2D eigenvalue weighted by atomic mass is 16.6. The summed E-state index contributed by atoms with van der Waals surface area (Å²) in [5, 5.41) is 12.3. The maximum Gasteiger partial charge on any atom is 0.270 e. The number of non-ortho nitro benzene ring substituents is 1. The molecule has 0 N–H and O–H groups in total. The molecule has 1 amide bonds. The Hall–Kier alpha value is -3.39. The lowest BCUT2D eigenvalue weighted by molar-refractivity contribution is -0.384. The highest BCUT2D eigenvalue weighted by Crippen LogP contribution is 2.30. The number of nitrogens with zero attached hydrogens (tertiary/aromatic N) is 3. The maximum atomic E-state index is 13.5. The van der Waals surface area contributed by atoms with Gasteiger partial charge in [-0.05, 0) is 12.1 Å². The van der Waals surface area contributed by atoms with Crippen LogP contribution >= 0.6 is 0 Å². The van der Waals surface area contributed by atoms with Crippen LogP contribution < -0.4 is 4.90 Å². The molecule has 2 aromatic carbocycles. The number of carbonyl (C=O) groups is 1. The first-order valence-electron chi connectivity index (χ1n) is 10.4. The van der Waals surface area contributed by atoms with Crippen LogP contribution in [0.25, 0.3) is 11.0 Å². The number of nitro groups is 1. The number of morpholine rings is 1. The Labute approximate surface area is 180 Å². The van der Waals surface area contributed by atoms with E-state index in [0.717, 1.165) is 22.3 Å². The molecule has 0 atom stereocenters. The number of carbonyl (C=O) groups excluding carboxylic acids is 1. The molecule has 1 aliphatic rings. The second kappa shape index (κ2) is 8.77. The summed E-state index contributed by atoms with van der Waals surface area (Å²) < 4.78 is 11.4. The van der Waals surface area contributed by atoms with E-state index in [4.69, 9.17) is 9.15 Å². The van der Waals surface area contributed by atoms with Crippen LogP contribution in [0, 0.1) is 10.1 Å². The molecule has 8 heteroatoms. The van der Waals surface area contributed by atoms with Gasteiger partial charge >= 0.3 is 0 Å². The average molecular weight is 423 g/mol. The highest BCUT2D eigenvalue weighted by molar-refractivity contribution is 6.00. The van der Waals surface area contributed by atoms with Gasteiger partial charge < -0.3 is 19.0 Å². The molecular formula is C23H25N3O5.